The average molecular weight is 443 g/mol. The molecule has 0 saturated carbocycles. The second-order valence-electron chi connectivity index (χ2n) is 7.12. The molecule has 31 heavy (non-hydrogen) atoms. The van der Waals surface area contributed by atoms with Crippen molar-refractivity contribution in [2.24, 2.45) is 0 Å². The van der Waals surface area contributed by atoms with Gasteiger partial charge >= 0.3 is 5.76 Å². The molecule has 4 rings (SSSR count). The summed E-state index contributed by atoms with van der Waals surface area (Å²) in [5, 5.41) is 11.3. The van der Waals surface area contributed by atoms with Gasteiger partial charge in [-0.2, -0.15) is 0 Å². The van der Waals surface area contributed by atoms with Crippen molar-refractivity contribution in [3.63, 3.8) is 0 Å². The van der Waals surface area contributed by atoms with E-state index < -0.39 is 21.5 Å². The Hall–Kier alpha value is -3.60. The maximum Gasteiger partial charge on any atom is 0.420 e. The van der Waals surface area contributed by atoms with Crippen LogP contribution >= 0.6 is 0 Å². The zero-order valence-corrected chi connectivity index (χ0v) is 17.4. The Balaban J connectivity index is 1.59. The molecule has 1 atom stereocenters. The Bertz CT molecular complexity index is 1400. The Labute approximate surface area is 176 Å². The van der Waals surface area contributed by atoms with Crippen molar-refractivity contribution in [2.75, 3.05) is 11.6 Å². The summed E-state index contributed by atoms with van der Waals surface area (Å²) in [5.74, 6) is -1.26. The number of hydrogen-bond donors (Lipinski definition) is 1. The van der Waals surface area contributed by atoms with Crippen LogP contribution in [0.5, 0.6) is 0 Å². The zero-order valence-electron chi connectivity index (χ0n) is 16.6. The Morgan fingerprint density at radius 1 is 1.16 bits per heavy atom. The van der Waals surface area contributed by atoms with Crippen molar-refractivity contribution < 1.29 is 17.2 Å². The summed E-state index contributed by atoms with van der Waals surface area (Å²) in [6.45, 7) is 1.89. The standard InChI is InChI=1S/C20H18FN5O4S/c1-12(13-3-6-15(21)7-4-13)23-19-22-10-16(24-25-19)14-5-8-18-17(9-14)26(20(27)30-18)11-31(2,28)29/h3-10,12H,11H2,1-2H3,(H,22,23,25). The van der Waals surface area contributed by atoms with E-state index in [1.807, 2.05) is 6.92 Å². The molecule has 1 N–H and O–H groups in total. The van der Waals surface area contributed by atoms with Crippen LogP contribution in [-0.2, 0) is 15.7 Å². The van der Waals surface area contributed by atoms with Gasteiger partial charge in [0.2, 0.25) is 5.95 Å². The number of anilines is 1. The number of benzene rings is 2. The molecule has 2 heterocycles. The van der Waals surface area contributed by atoms with Gasteiger partial charge in [0.15, 0.2) is 15.4 Å². The van der Waals surface area contributed by atoms with Gasteiger partial charge in [-0.15, -0.1) is 10.2 Å². The van der Waals surface area contributed by atoms with Crippen molar-refractivity contribution in [2.45, 2.75) is 18.8 Å². The third-order valence-corrected chi connectivity index (χ3v) is 5.33. The van der Waals surface area contributed by atoms with Crippen molar-refractivity contribution >= 4 is 26.9 Å². The van der Waals surface area contributed by atoms with E-state index >= 15 is 0 Å². The Kier molecular flexibility index (Phi) is 5.27. The number of hydrogen-bond acceptors (Lipinski definition) is 8. The lowest BCUT2D eigenvalue weighted by Crippen LogP contribution is -2.19. The molecule has 160 valence electrons. The highest BCUT2D eigenvalue weighted by Crippen LogP contribution is 2.23. The van der Waals surface area contributed by atoms with E-state index in [0.29, 0.717) is 22.7 Å². The van der Waals surface area contributed by atoms with Gasteiger partial charge in [0.05, 0.1) is 17.8 Å². The summed E-state index contributed by atoms with van der Waals surface area (Å²) in [7, 11) is -3.45. The van der Waals surface area contributed by atoms with Crippen molar-refractivity contribution in [1.82, 2.24) is 19.7 Å². The number of halogens is 1. The second kappa shape index (κ2) is 7.91. The topological polar surface area (TPSA) is 120 Å². The number of sulfone groups is 1. The SMILES string of the molecule is CC(Nc1ncc(-c2ccc3oc(=O)n(CS(C)(=O)=O)c3c2)nn1)c1ccc(F)cc1. The lowest BCUT2D eigenvalue weighted by atomic mass is 10.1. The van der Waals surface area contributed by atoms with Gasteiger partial charge in [0.1, 0.15) is 17.4 Å². The van der Waals surface area contributed by atoms with Crippen LogP contribution in [-0.4, -0.2) is 34.4 Å². The summed E-state index contributed by atoms with van der Waals surface area (Å²) in [6, 6.07) is 10.8. The third-order valence-electron chi connectivity index (χ3n) is 4.60. The molecule has 1 unspecified atom stereocenters. The fourth-order valence-electron chi connectivity index (χ4n) is 3.08. The maximum atomic E-state index is 13.1. The van der Waals surface area contributed by atoms with E-state index in [1.54, 1.807) is 30.3 Å². The summed E-state index contributed by atoms with van der Waals surface area (Å²) in [5.41, 5.74) is 2.49. The molecule has 0 spiro atoms. The largest absolute Gasteiger partial charge is 0.420 e. The average Bonchev–Trinajstić information content (AvgIpc) is 3.02. The van der Waals surface area contributed by atoms with Crippen LogP contribution in [0.25, 0.3) is 22.4 Å². The quantitative estimate of drug-likeness (QED) is 0.483. The molecule has 9 nitrogen and oxygen atoms in total. The molecule has 0 aliphatic heterocycles. The summed E-state index contributed by atoms with van der Waals surface area (Å²) in [6.07, 6.45) is 2.54. The third kappa shape index (κ3) is 4.61. The number of nitrogens with one attached hydrogen (secondary N) is 1. The summed E-state index contributed by atoms with van der Waals surface area (Å²) >= 11 is 0. The molecular formula is C20H18FN5O4S. The zero-order chi connectivity index (χ0) is 22.2. The molecule has 2 aromatic carbocycles. The van der Waals surface area contributed by atoms with Crippen LogP contribution in [0.15, 0.2) is 57.9 Å². The van der Waals surface area contributed by atoms with E-state index in [9.17, 15) is 17.6 Å². The Morgan fingerprint density at radius 2 is 1.90 bits per heavy atom. The number of rotatable bonds is 6. The summed E-state index contributed by atoms with van der Waals surface area (Å²) in [4.78, 5) is 16.3. The first-order valence-corrected chi connectivity index (χ1v) is 11.3. The molecule has 0 bridgehead atoms. The van der Waals surface area contributed by atoms with E-state index in [2.05, 4.69) is 20.5 Å². The molecule has 0 saturated heterocycles. The first-order chi connectivity index (χ1) is 14.7. The number of fused-ring (bicyclic) bond motifs is 1. The van der Waals surface area contributed by atoms with Gasteiger partial charge in [-0.25, -0.2) is 22.6 Å². The monoisotopic (exact) mass is 443 g/mol. The number of nitrogens with zero attached hydrogens (tertiary/aromatic N) is 4. The van der Waals surface area contributed by atoms with Crippen LogP contribution in [0.4, 0.5) is 10.3 Å². The fourth-order valence-corrected chi connectivity index (χ4v) is 3.79. The molecule has 0 aliphatic rings. The van der Waals surface area contributed by atoms with Gasteiger partial charge < -0.3 is 9.73 Å². The van der Waals surface area contributed by atoms with Crippen molar-refractivity contribution in [3.8, 4) is 11.3 Å². The number of aromatic nitrogens is 4. The smallest absolute Gasteiger partial charge is 0.408 e. The molecule has 0 amide bonds. The number of oxazole rings is 1. The first-order valence-electron chi connectivity index (χ1n) is 9.23. The van der Waals surface area contributed by atoms with Crippen LogP contribution in [0.1, 0.15) is 18.5 Å². The van der Waals surface area contributed by atoms with Crippen LogP contribution in [0, 0.1) is 5.82 Å². The molecule has 11 heteroatoms. The second-order valence-corrected chi connectivity index (χ2v) is 9.23. The minimum atomic E-state index is -3.45. The van der Waals surface area contributed by atoms with Gasteiger partial charge in [-0.05, 0) is 42.8 Å². The summed E-state index contributed by atoms with van der Waals surface area (Å²) < 4.78 is 42.5. The minimum absolute atomic E-state index is 0.166. The highest BCUT2D eigenvalue weighted by Gasteiger charge is 2.15. The Morgan fingerprint density at radius 3 is 2.55 bits per heavy atom. The minimum Gasteiger partial charge on any atom is -0.408 e. The highest BCUT2D eigenvalue weighted by molar-refractivity contribution is 7.89. The highest BCUT2D eigenvalue weighted by atomic mass is 32.2. The fraction of sp³-hybridized carbons (Fsp3) is 0.200. The van der Waals surface area contributed by atoms with E-state index in [0.717, 1.165) is 16.4 Å². The maximum absolute atomic E-state index is 13.1. The van der Waals surface area contributed by atoms with Gasteiger partial charge in [-0.3, -0.25) is 4.57 Å². The van der Waals surface area contributed by atoms with Crippen molar-refractivity contribution in [1.29, 1.82) is 0 Å². The van der Waals surface area contributed by atoms with E-state index in [1.165, 1.54) is 18.3 Å². The molecule has 0 fully saturated rings. The molecular weight excluding hydrogens is 425 g/mol. The molecule has 0 aliphatic carbocycles. The molecule has 0 radical (unpaired) electrons. The van der Waals surface area contributed by atoms with Crippen LogP contribution in [0.2, 0.25) is 0 Å². The van der Waals surface area contributed by atoms with Gasteiger partial charge in [0.25, 0.3) is 0 Å². The predicted octanol–water partition coefficient (Wildman–Crippen LogP) is 2.76. The van der Waals surface area contributed by atoms with Gasteiger partial charge in [-0.1, -0.05) is 12.1 Å². The molecule has 2 aromatic heterocycles. The normalized spacial score (nSPS) is 12.7. The van der Waals surface area contributed by atoms with Crippen LogP contribution in [0.3, 0.4) is 0 Å². The lowest BCUT2D eigenvalue weighted by molar-refractivity contribution is 0.518. The van der Waals surface area contributed by atoms with Crippen molar-refractivity contribution in [3.05, 3.63) is 70.6 Å². The van der Waals surface area contributed by atoms with E-state index in [4.69, 9.17) is 4.42 Å². The first kappa shape index (κ1) is 20.7. The predicted molar refractivity (Wildman–Crippen MR) is 113 cm³/mol. The van der Waals surface area contributed by atoms with Gasteiger partial charge in [0, 0.05) is 11.8 Å². The lowest BCUT2D eigenvalue weighted by Gasteiger charge is -2.13. The van der Waals surface area contributed by atoms with E-state index in [-0.39, 0.29) is 17.4 Å². The van der Waals surface area contributed by atoms with Crippen LogP contribution < -0.4 is 11.1 Å². The molecule has 4 aromatic rings.